The van der Waals surface area contributed by atoms with Crippen molar-refractivity contribution in [2.24, 2.45) is 10.4 Å². The van der Waals surface area contributed by atoms with E-state index in [0.717, 1.165) is 36.9 Å². The minimum absolute atomic E-state index is 0.459. The molecule has 2 aromatic rings. The maximum atomic E-state index is 4.35. The molecule has 0 bridgehead atoms. The van der Waals surface area contributed by atoms with Gasteiger partial charge in [0, 0.05) is 32.8 Å². The van der Waals surface area contributed by atoms with E-state index in [1.54, 1.807) is 0 Å². The van der Waals surface area contributed by atoms with Crippen molar-refractivity contribution >= 4 is 11.6 Å². The largest absolute Gasteiger partial charge is 0.356 e. The predicted molar refractivity (Wildman–Crippen MR) is 97.2 cm³/mol. The Hall–Kier alpha value is -2.11. The van der Waals surface area contributed by atoms with E-state index < -0.39 is 0 Å². The second-order valence-electron chi connectivity index (χ2n) is 6.71. The number of fused-ring (bicyclic) bond motifs is 1. The summed E-state index contributed by atoms with van der Waals surface area (Å²) in [5.41, 5.74) is 1.35. The quantitative estimate of drug-likeness (QED) is 0.631. The molecule has 1 aliphatic carbocycles. The van der Waals surface area contributed by atoms with Gasteiger partial charge in [0.15, 0.2) is 11.6 Å². The van der Waals surface area contributed by atoms with Crippen molar-refractivity contribution in [3.8, 4) is 0 Å². The molecule has 0 atom stereocenters. The average Bonchev–Trinajstić information content (AvgIpc) is 3.26. The molecule has 0 aliphatic heterocycles. The molecule has 0 saturated heterocycles. The molecule has 0 amide bonds. The number of nitrogens with one attached hydrogen (secondary N) is 2. The van der Waals surface area contributed by atoms with E-state index in [0.29, 0.717) is 5.41 Å². The highest BCUT2D eigenvalue weighted by atomic mass is 15.2. The lowest BCUT2D eigenvalue weighted by molar-refractivity contribution is 0.283. The molecule has 24 heavy (non-hydrogen) atoms. The fourth-order valence-corrected chi connectivity index (χ4v) is 3.63. The zero-order chi connectivity index (χ0) is 16.8. The molecule has 0 radical (unpaired) electrons. The normalized spacial score (nSPS) is 17.3. The summed E-state index contributed by atoms with van der Waals surface area (Å²) < 4.78 is 2.03. The van der Waals surface area contributed by atoms with Crippen LogP contribution in [0, 0.1) is 5.41 Å². The first-order valence-corrected chi connectivity index (χ1v) is 8.99. The van der Waals surface area contributed by atoms with Crippen LogP contribution in [0.2, 0.25) is 0 Å². The van der Waals surface area contributed by atoms with Gasteiger partial charge in [0.25, 0.3) is 0 Å². The van der Waals surface area contributed by atoms with Gasteiger partial charge >= 0.3 is 0 Å². The van der Waals surface area contributed by atoms with Crippen molar-refractivity contribution in [1.82, 2.24) is 25.2 Å². The summed E-state index contributed by atoms with van der Waals surface area (Å²) in [6.07, 6.45) is 9.44. The highest BCUT2D eigenvalue weighted by Crippen LogP contribution is 2.40. The molecule has 2 heterocycles. The zero-order valence-corrected chi connectivity index (χ0v) is 14.8. The average molecular weight is 328 g/mol. The van der Waals surface area contributed by atoms with E-state index in [9.17, 15) is 0 Å². The van der Waals surface area contributed by atoms with Gasteiger partial charge in [0.05, 0.1) is 0 Å². The SMILES string of the molecule is CCC1(CNC(=NC)NCCc2nnc3ccccn23)CCCC1. The first-order chi connectivity index (χ1) is 11.8. The van der Waals surface area contributed by atoms with Crippen LogP contribution in [0.5, 0.6) is 0 Å². The Labute approximate surface area is 143 Å². The maximum Gasteiger partial charge on any atom is 0.191 e. The predicted octanol–water partition coefficient (Wildman–Crippen LogP) is 2.41. The number of pyridine rings is 1. The zero-order valence-electron chi connectivity index (χ0n) is 14.8. The fourth-order valence-electron chi connectivity index (χ4n) is 3.63. The minimum Gasteiger partial charge on any atom is -0.356 e. The van der Waals surface area contributed by atoms with Gasteiger partial charge in [-0.2, -0.15) is 0 Å². The molecule has 2 aromatic heterocycles. The molecule has 0 unspecified atom stereocenters. The third-order valence-electron chi connectivity index (χ3n) is 5.29. The Morgan fingerprint density at radius 2 is 2.08 bits per heavy atom. The van der Waals surface area contributed by atoms with Gasteiger partial charge in [-0.15, -0.1) is 10.2 Å². The lowest BCUT2D eigenvalue weighted by Crippen LogP contribution is -2.43. The second-order valence-corrected chi connectivity index (χ2v) is 6.71. The molecule has 1 saturated carbocycles. The van der Waals surface area contributed by atoms with Gasteiger partial charge in [-0.3, -0.25) is 9.39 Å². The third kappa shape index (κ3) is 3.68. The van der Waals surface area contributed by atoms with Gasteiger partial charge in [-0.1, -0.05) is 25.8 Å². The summed E-state index contributed by atoms with van der Waals surface area (Å²) in [6.45, 7) is 4.10. The van der Waals surface area contributed by atoms with Gasteiger partial charge in [-0.25, -0.2) is 0 Å². The number of aromatic nitrogens is 3. The number of nitrogens with zero attached hydrogens (tertiary/aromatic N) is 4. The highest BCUT2D eigenvalue weighted by molar-refractivity contribution is 5.79. The third-order valence-corrected chi connectivity index (χ3v) is 5.29. The van der Waals surface area contributed by atoms with E-state index in [1.165, 1.54) is 32.1 Å². The number of aliphatic imine (C=N–C) groups is 1. The van der Waals surface area contributed by atoms with Crippen LogP contribution in [0.4, 0.5) is 0 Å². The molecule has 6 heteroatoms. The first kappa shape index (κ1) is 16.7. The molecule has 2 N–H and O–H groups in total. The Morgan fingerprint density at radius 1 is 1.25 bits per heavy atom. The second kappa shape index (κ2) is 7.64. The lowest BCUT2D eigenvalue weighted by Gasteiger charge is -2.28. The Kier molecular flexibility index (Phi) is 5.33. The number of hydrogen-bond donors (Lipinski definition) is 2. The van der Waals surface area contributed by atoms with Crippen LogP contribution in [0.1, 0.15) is 44.9 Å². The minimum atomic E-state index is 0.459. The number of hydrogen-bond acceptors (Lipinski definition) is 3. The van der Waals surface area contributed by atoms with Gasteiger partial charge in [0.2, 0.25) is 0 Å². The van der Waals surface area contributed by atoms with Crippen molar-refractivity contribution < 1.29 is 0 Å². The first-order valence-electron chi connectivity index (χ1n) is 8.99. The van der Waals surface area contributed by atoms with Crippen LogP contribution in [0.25, 0.3) is 5.65 Å². The Morgan fingerprint density at radius 3 is 2.83 bits per heavy atom. The Bertz CT molecular complexity index is 684. The maximum absolute atomic E-state index is 4.35. The highest BCUT2D eigenvalue weighted by Gasteiger charge is 2.31. The molecular formula is C18H28N6. The summed E-state index contributed by atoms with van der Waals surface area (Å²) in [4.78, 5) is 4.35. The van der Waals surface area contributed by atoms with Crippen LogP contribution in [-0.4, -0.2) is 40.7 Å². The lowest BCUT2D eigenvalue weighted by atomic mass is 9.83. The van der Waals surface area contributed by atoms with Crippen LogP contribution in [0.15, 0.2) is 29.4 Å². The van der Waals surface area contributed by atoms with Crippen LogP contribution < -0.4 is 10.6 Å². The molecular weight excluding hydrogens is 300 g/mol. The molecule has 1 aliphatic rings. The van der Waals surface area contributed by atoms with Gasteiger partial charge in [-0.05, 0) is 36.8 Å². The van der Waals surface area contributed by atoms with Gasteiger partial charge in [0.1, 0.15) is 5.82 Å². The van der Waals surface area contributed by atoms with Crippen molar-refractivity contribution in [2.45, 2.75) is 45.4 Å². The van der Waals surface area contributed by atoms with Crippen molar-refractivity contribution in [1.29, 1.82) is 0 Å². The number of guanidine groups is 1. The van der Waals surface area contributed by atoms with Crippen molar-refractivity contribution in [3.63, 3.8) is 0 Å². The molecule has 6 nitrogen and oxygen atoms in total. The molecule has 1 fully saturated rings. The molecule has 130 valence electrons. The summed E-state index contributed by atoms with van der Waals surface area (Å²) in [7, 11) is 1.83. The summed E-state index contributed by atoms with van der Waals surface area (Å²) in [5, 5.41) is 15.4. The van der Waals surface area contributed by atoms with Crippen molar-refractivity contribution in [2.75, 3.05) is 20.1 Å². The van der Waals surface area contributed by atoms with Crippen LogP contribution in [0.3, 0.4) is 0 Å². The van der Waals surface area contributed by atoms with Crippen LogP contribution >= 0.6 is 0 Å². The van der Waals surface area contributed by atoms with E-state index in [4.69, 9.17) is 0 Å². The monoisotopic (exact) mass is 328 g/mol. The van der Waals surface area contributed by atoms with Gasteiger partial charge < -0.3 is 10.6 Å². The molecule has 0 spiro atoms. The van der Waals surface area contributed by atoms with E-state index in [2.05, 4.69) is 32.7 Å². The Balaban J connectivity index is 1.49. The summed E-state index contributed by atoms with van der Waals surface area (Å²) in [6, 6.07) is 5.94. The van der Waals surface area contributed by atoms with Crippen molar-refractivity contribution in [3.05, 3.63) is 30.2 Å². The molecule has 0 aromatic carbocycles. The summed E-state index contributed by atoms with van der Waals surface area (Å²) >= 11 is 0. The fraction of sp³-hybridized carbons (Fsp3) is 0.611. The van der Waals surface area contributed by atoms with Crippen LogP contribution in [-0.2, 0) is 6.42 Å². The topological polar surface area (TPSA) is 66.6 Å². The summed E-state index contributed by atoms with van der Waals surface area (Å²) in [5.74, 6) is 1.85. The number of rotatable bonds is 6. The van der Waals surface area contributed by atoms with E-state index in [1.807, 2.05) is 35.8 Å². The standard InChI is InChI=1S/C18H28N6/c1-3-18(10-5-6-11-18)14-21-17(19-2)20-12-9-16-23-22-15-8-4-7-13-24(15)16/h4,7-8,13H,3,5-6,9-12,14H2,1-2H3,(H2,19,20,21). The smallest absolute Gasteiger partial charge is 0.191 e. The molecule has 3 rings (SSSR count). The van der Waals surface area contributed by atoms with E-state index in [-0.39, 0.29) is 0 Å². The van der Waals surface area contributed by atoms with E-state index >= 15 is 0 Å².